The number of hydrogen-bond donors (Lipinski definition) is 1. The second-order valence-electron chi connectivity index (χ2n) is 7.78. The summed E-state index contributed by atoms with van der Waals surface area (Å²) >= 11 is 6.74. The number of sulfone groups is 1. The van der Waals surface area contributed by atoms with E-state index in [0.717, 1.165) is 35.6 Å². The first-order valence-corrected chi connectivity index (χ1v) is 13.0. The van der Waals surface area contributed by atoms with Crippen molar-refractivity contribution in [2.75, 3.05) is 17.6 Å². The number of ketones is 1. The fourth-order valence-electron chi connectivity index (χ4n) is 3.98. The Labute approximate surface area is 198 Å². The van der Waals surface area contributed by atoms with Crippen molar-refractivity contribution < 1.29 is 13.2 Å². The number of thiophene rings is 1. The minimum absolute atomic E-state index is 0.0252. The summed E-state index contributed by atoms with van der Waals surface area (Å²) in [5, 5.41) is 3.84. The highest BCUT2D eigenvalue weighted by Gasteiger charge is 2.21. The number of nitrogens with one attached hydrogen (secondary N) is 1. The van der Waals surface area contributed by atoms with Gasteiger partial charge in [0.25, 0.3) is 5.56 Å². The summed E-state index contributed by atoms with van der Waals surface area (Å²) in [6.45, 7) is 0.835. The van der Waals surface area contributed by atoms with Crippen LogP contribution < -0.4 is 10.9 Å². The first-order chi connectivity index (χ1) is 15.8. The Morgan fingerprint density at radius 3 is 2.64 bits per heavy atom. The molecule has 1 N–H and O–H groups in total. The molecule has 168 valence electrons. The highest BCUT2D eigenvalue weighted by Crippen LogP contribution is 2.28. The Kier molecular flexibility index (Phi) is 5.55. The lowest BCUT2D eigenvalue weighted by atomic mass is 10.1. The zero-order chi connectivity index (χ0) is 23.2. The summed E-state index contributed by atoms with van der Waals surface area (Å²) < 4.78 is 26.7. The highest BCUT2D eigenvalue weighted by molar-refractivity contribution is 7.94. The van der Waals surface area contributed by atoms with Crippen LogP contribution in [0.2, 0.25) is 4.34 Å². The van der Waals surface area contributed by atoms with E-state index < -0.39 is 21.4 Å². The Bertz CT molecular complexity index is 1560. The average Bonchev–Trinajstić information content (AvgIpc) is 3.44. The number of Topliss-reactive ketones (excluding diaryl/α,β-unsaturated/α-hetero) is 1. The van der Waals surface area contributed by atoms with Gasteiger partial charge in [-0.15, -0.1) is 11.3 Å². The van der Waals surface area contributed by atoms with Gasteiger partial charge < -0.3 is 5.32 Å². The van der Waals surface area contributed by atoms with Gasteiger partial charge in [0.1, 0.15) is 16.3 Å². The molecule has 0 saturated heterocycles. The molecule has 0 unspecified atom stereocenters. The molecule has 2 aromatic heterocycles. The van der Waals surface area contributed by atoms with Gasteiger partial charge in [0.2, 0.25) is 0 Å². The van der Waals surface area contributed by atoms with Crippen LogP contribution in [0.5, 0.6) is 0 Å². The van der Waals surface area contributed by atoms with Gasteiger partial charge in [-0.3, -0.25) is 14.2 Å². The maximum atomic E-state index is 13.1. The molecule has 0 aliphatic carbocycles. The van der Waals surface area contributed by atoms with E-state index >= 15 is 0 Å². The third kappa shape index (κ3) is 4.19. The molecule has 0 bridgehead atoms. The lowest BCUT2D eigenvalue weighted by Crippen LogP contribution is -2.19. The SMILES string of the molecule is O=C(Cc1ccc(-n2cnc3c4c(ccc3c2=O)NCC4)cc1)CS(=O)(=O)c1ccc(Cl)s1. The Balaban J connectivity index is 1.35. The molecule has 5 rings (SSSR count). The molecule has 10 heteroatoms. The van der Waals surface area contributed by atoms with Gasteiger partial charge in [-0.1, -0.05) is 23.7 Å². The minimum atomic E-state index is -3.71. The number of halogens is 1. The second kappa shape index (κ2) is 8.40. The van der Waals surface area contributed by atoms with E-state index in [4.69, 9.17) is 11.6 Å². The van der Waals surface area contributed by atoms with Gasteiger partial charge in [-0.25, -0.2) is 13.4 Å². The van der Waals surface area contributed by atoms with Crippen LogP contribution in [0, 0.1) is 0 Å². The zero-order valence-corrected chi connectivity index (χ0v) is 19.6. The number of rotatable bonds is 6. The van der Waals surface area contributed by atoms with Crippen LogP contribution in [0.1, 0.15) is 11.1 Å². The Morgan fingerprint density at radius 1 is 1.12 bits per heavy atom. The van der Waals surface area contributed by atoms with Gasteiger partial charge >= 0.3 is 0 Å². The topological polar surface area (TPSA) is 98.1 Å². The number of carbonyl (C=O) groups is 1. The first kappa shape index (κ1) is 21.8. The van der Waals surface area contributed by atoms with E-state index in [1.54, 1.807) is 30.3 Å². The predicted molar refractivity (Wildman–Crippen MR) is 130 cm³/mol. The van der Waals surface area contributed by atoms with Crippen molar-refractivity contribution >= 4 is 55.1 Å². The molecule has 7 nitrogen and oxygen atoms in total. The maximum absolute atomic E-state index is 13.1. The summed E-state index contributed by atoms with van der Waals surface area (Å²) in [4.78, 5) is 30.0. The fraction of sp³-hybridized carbons (Fsp3) is 0.174. The third-order valence-electron chi connectivity index (χ3n) is 5.55. The van der Waals surface area contributed by atoms with E-state index in [0.29, 0.717) is 26.5 Å². The van der Waals surface area contributed by atoms with Crippen LogP contribution in [-0.2, 0) is 27.5 Å². The van der Waals surface area contributed by atoms with E-state index in [2.05, 4.69) is 10.3 Å². The van der Waals surface area contributed by atoms with E-state index in [1.807, 2.05) is 6.07 Å². The molecule has 2 aromatic carbocycles. The van der Waals surface area contributed by atoms with Crippen molar-refractivity contribution in [1.29, 1.82) is 0 Å². The summed E-state index contributed by atoms with van der Waals surface area (Å²) in [6, 6.07) is 13.5. The molecule has 3 heterocycles. The lowest BCUT2D eigenvalue weighted by Gasteiger charge is -2.10. The van der Waals surface area contributed by atoms with Crippen molar-refractivity contribution in [2.24, 2.45) is 0 Å². The summed E-state index contributed by atoms with van der Waals surface area (Å²) in [7, 11) is -3.71. The second-order valence-corrected chi connectivity index (χ2v) is 11.7. The highest BCUT2D eigenvalue weighted by atomic mass is 35.5. The van der Waals surface area contributed by atoms with Crippen LogP contribution in [0.25, 0.3) is 16.6 Å². The number of aromatic nitrogens is 2. The van der Waals surface area contributed by atoms with Crippen molar-refractivity contribution in [1.82, 2.24) is 9.55 Å². The molecule has 0 saturated carbocycles. The molecule has 0 atom stereocenters. The van der Waals surface area contributed by atoms with Crippen LogP contribution in [0.4, 0.5) is 5.69 Å². The van der Waals surface area contributed by atoms with E-state index in [1.165, 1.54) is 23.0 Å². The molecule has 33 heavy (non-hydrogen) atoms. The molecule has 0 amide bonds. The number of nitrogens with zero attached hydrogens (tertiary/aromatic N) is 2. The largest absolute Gasteiger partial charge is 0.384 e. The van der Waals surface area contributed by atoms with Crippen molar-refractivity contribution in [3.63, 3.8) is 0 Å². The molecule has 1 aliphatic heterocycles. The first-order valence-electron chi connectivity index (χ1n) is 10.2. The normalized spacial score (nSPS) is 13.1. The Morgan fingerprint density at radius 2 is 1.91 bits per heavy atom. The molecule has 1 aliphatic rings. The summed E-state index contributed by atoms with van der Waals surface area (Å²) in [5.41, 5.74) is 3.91. The number of anilines is 1. The number of carbonyl (C=O) groups excluding carboxylic acids is 1. The van der Waals surface area contributed by atoms with Gasteiger partial charge in [0, 0.05) is 24.2 Å². The Hall–Kier alpha value is -3.01. The predicted octanol–water partition coefficient (Wildman–Crippen LogP) is 3.65. The number of benzene rings is 2. The molecular weight excluding hydrogens is 482 g/mol. The summed E-state index contributed by atoms with van der Waals surface area (Å²) in [5.74, 6) is -1.00. The monoisotopic (exact) mass is 499 g/mol. The standard InChI is InChI=1S/C23H18ClN3O4S2/c24-20-7-8-21(32-20)33(30,31)12-16(28)11-14-1-3-15(4-2-14)27-13-26-22-17-9-10-25-19(17)6-5-18(22)23(27)29/h1-8,13,25H,9-12H2. The van der Waals surface area contributed by atoms with Crippen LogP contribution >= 0.6 is 22.9 Å². The molecule has 0 fully saturated rings. The van der Waals surface area contributed by atoms with Gasteiger partial charge in [0.05, 0.1) is 20.9 Å². The molecule has 0 spiro atoms. The molecule has 0 radical (unpaired) electrons. The van der Waals surface area contributed by atoms with E-state index in [9.17, 15) is 18.0 Å². The van der Waals surface area contributed by atoms with Crippen molar-refractivity contribution in [3.8, 4) is 5.69 Å². The van der Waals surface area contributed by atoms with Crippen molar-refractivity contribution in [3.05, 3.63) is 80.7 Å². The van der Waals surface area contributed by atoms with Crippen LogP contribution in [0.3, 0.4) is 0 Å². The molecular formula is C23H18ClN3O4S2. The van der Waals surface area contributed by atoms with Crippen LogP contribution in [0.15, 0.2) is 63.9 Å². The smallest absolute Gasteiger partial charge is 0.265 e. The third-order valence-corrected chi connectivity index (χ3v) is 9.04. The van der Waals surface area contributed by atoms with Gasteiger partial charge in [0.15, 0.2) is 15.6 Å². The van der Waals surface area contributed by atoms with Gasteiger partial charge in [-0.2, -0.15) is 0 Å². The van der Waals surface area contributed by atoms with Gasteiger partial charge in [-0.05, 0) is 48.4 Å². The average molecular weight is 500 g/mol. The minimum Gasteiger partial charge on any atom is -0.384 e. The summed E-state index contributed by atoms with van der Waals surface area (Å²) in [6.07, 6.45) is 2.33. The fourth-order valence-corrected chi connectivity index (χ4v) is 6.79. The number of fused-ring (bicyclic) bond motifs is 3. The lowest BCUT2D eigenvalue weighted by molar-refractivity contribution is -0.116. The van der Waals surface area contributed by atoms with Crippen LogP contribution in [-0.4, -0.2) is 36.0 Å². The van der Waals surface area contributed by atoms with Crippen molar-refractivity contribution in [2.45, 2.75) is 17.1 Å². The maximum Gasteiger partial charge on any atom is 0.265 e. The molecule has 4 aromatic rings. The number of hydrogen-bond acceptors (Lipinski definition) is 7. The van der Waals surface area contributed by atoms with E-state index in [-0.39, 0.29) is 16.2 Å². The quantitative estimate of drug-likeness (QED) is 0.435. The zero-order valence-electron chi connectivity index (χ0n) is 17.2.